The number of nitrogens with two attached hydrogens (primary N) is 1. The van der Waals surface area contributed by atoms with Gasteiger partial charge in [0.1, 0.15) is 16.4 Å². The van der Waals surface area contributed by atoms with Crippen molar-refractivity contribution in [1.82, 2.24) is 4.98 Å². The predicted molar refractivity (Wildman–Crippen MR) is 85.2 cm³/mol. The Balaban J connectivity index is 2.23. The molecule has 2 aromatic rings. The molecule has 0 saturated heterocycles. The molecule has 0 aliphatic heterocycles. The lowest BCUT2D eigenvalue weighted by atomic mass is 10.2. The largest absolute Gasteiger partial charge is 0.497 e. The van der Waals surface area contributed by atoms with Gasteiger partial charge in [0.05, 0.1) is 12.8 Å². The van der Waals surface area contributed by atoms with Crippen molar-refractivity contribution >= 4 is 22.9 Å². The first-order valence-electron chi connectivity index (χ1n) is 6.20. The fourth-order valence-electron chi connectivity index (χ4n) is 2.02. The number of ether oxygens (including phenoxy) is 1. The second kappa shape index (κ2) is 6.34. The second-order valence-electron chi connectivity index (χ2n) is 4.44. The van der Waals surface area contributed by atoms with E-state index in [9.17, 15) is 0 Å². The highest BCUT2D eigenvalue weighted by atomic mass is 32.1. The van der Waals surface area contributed by atoms with Gasteiger partial charge in [0.15, 0.2) is 0 Å². The fourth-order valence-corrected chi connectivity index (χ4v) is 2.18. The van der Waals surface area contributed by atoms with Gasteiger partial charge in [-0.25, -0.2) is 0 Å². The highest BCUT2D eigenvalue weighted by molar-refractivity contribution is 7.80. The van der Waals surface area contributed by atoms with Gasteiger partial charge in [-0.3, -0.25) is 4.98 Å². The summed E-state index contributed by atoms with van der Waals surface area (Å²) in [5.41, 5.74) is 8.42. The molecule has 0 amide bonds. The van der Waals surface area contributed by atoms with Gasteiger partial charge in [-0.2, -0.15) is 0 Å². The van der Waals surface area contributed by atoms with Crippen LogP contribution < -0.4 is 15.4 Å². The van der Waals surface area contributed by atoms with Crippen LogP contribution in [0.2, 0.25) is 0 Å². The Hall–Kier alpha value is -2.14. The third kappa shape index (κ3) is 3.24. The molecule has 1 heterocycles. The van der Waals surface area contributed by atoms with Crippen molar-refractivity contribution in [2.24, 2.45) is 5.73 Å². The van der Waals surface area contributed by atoms with Gasteiger partial charge < -0.3 is 15.4 Å². The smallest absolute Gasteiger partial charge is 0.124 e. The maximum Gasteiger partial charge on any atom is 0.124 e. The minimum Gasteiger partial charge on any atom is -0.497 e. The summed E-state index contributed by atoms with van der Waals surface area (Å²) in [5.74, 6) is 0.844. The van der Waals surface area contributed by atoms with E-state index in [1.807, 2.05) is 37.4 Å². The molecule has 0 saturated carbocycles. The van der Waals surface area contributed by atoms with Crippen molar-refractivity contribution in [1.29, 1.82) is 0 Å². The Bertz CT molecular complexity index is 616. The molecule has 0 aliphatic carbocycles. The molecule has 0 atom stereocenters. The summed E-state index contributed by atoms with van der Waals surface area (Å²) in [4.78, 5) is 6.61. The van der Waals surface area contributed by atoms with Crippen LogP contribution in [0.15, 0.2) is 42.6 Å². The molecule has 4 nitrogen and oxygen atoms in total. The zero-order valence-corrected chi connectivity index (χ0v) is 12.4. The first-order valence-corrected chi connectivity index (χ1v) is 6.61. The van der Waals surface area contributed by atoms with Crippen LogP contribution in [0.5, 0.6) is 5.75 Å². The molecule has 1 aromatic heterocycles. The fraction of sp³-hybridized carbons (Fsp3) is 0.200. The van der Waals surface area contributed by atoms with E-state index in [0.29, 0.717) is 10.7 Å². The molecular weight excluding hydrogens is 270 g/mol. The molecule has 0 bridgehead atoms. The SMILES string of the molecule is COc1cccc(CN(C)c2cccnc2C(N)=S)c1. The molecule has 5 heteroatoms. The number of pyridine rings is 1. The Morgan fingerprint density at radius 1 is 1.35 bits per heavy atom. The molecule has 0 radical (unpaired) electrons. The summed E-state index contributed by atoms with van der Waals surface area (Å²) in [6, 6.07) is 11.8. The van der Waals surface area contributed by atoms with Crippen LogP contribution >= 0.6 is 12.2 Å². The summed E-state index contributed by atoms with van der Waals surface area (Å²) in [6.45, 7) is 0.721. The number of methoxy groups -OCH3 is 1. The maximum atomic E-state index is 5.71. The van der Waals surface area contributed by atoms with Gasteiger partial charge in [0.25, 0.3) is 0 Å². The van der Waals surface area contributed by atoms with E-state index in [-0.39, 0.29) is 0 Å². The number of rotatable bonds is 5. The number of aromatic nitrogens is 1. The average molecular weight is 287 g/mol. The van der Waals surface area contributed by atoms with Crippen molar-refractivity contribution in [3.8, 4) is 5.75 Å². The zero-order chi connectivity index (χ0) is 14.5. The van der Waals surface area contributed by atoms with Crippen LogP contribution in [0.1, 0.15) is 11.3 Å². The summed E-state index contributed by atoms with van der Waals surface area (Å²) in [6.07, 6.45) is 1.69. The number of hydrogen-bond acceptors (Lipinski definition) is 4. The first-order chi connectivity index (χ1) is 9.61. The number of nitrogens with zero attached hydrogens (tertiary/aromatic N) is 2. The zero-order valence-electron chi connectivity index (χ0n) is 11.5. The quantitative estimate of drug-likeness (QED) is 0.856. The van der Waals surface area contributed by atoms with E-state index in [4.69, 9.17) is 22.7 Å². The summed E-state index contributed by atoms with van der Waals surface area (Å²) >= 11 is 5.04. The Kier molecular flexibility index (Phi) is 4.53. The minimum absolute atomic E-state index is 0.304. The Morgan fingerprint density at radius 2 is 2.15 bits per heavy atom. The van der Waals surface area contributed by atoms with E-state index in [1.54, 1.807) is 13.3 Å². The van der Waals surface area contributed by atoms with Crippen molar-refractivity contribution in [3.05, 3.63) is 53.9 Å². The van der Waals surface area contributed by atoms with E-state index < -0.39 is 0 Å². The molecule has 104 valence electrons. The number of anilines is 1. The van der Waals surface area contributed by atoms with Crippen LogP contribution in [0.25, 0.3) is 0 Å². The Labute approximate surface area is 124 Å². The van der Waals surface area contributed by atoms with Gasteiger partial charge in [0, 0.05) is 19.8 Å². The van der Waals surface area contributed by atoms with E-state index in [0.717, 1.165) is 23.5 Å². The van der Waals surface area contributed by atoms with Crippen LogP contribution in [-0.2, 0) is 6.54 Å². The monoisotopic (exact) mass is 287 g/mol. The van der Waals surface area contributed by atoms with Crippen LogP contribution in [0, 0.1) is 0 Å². The third-order valence-electron chi connectivity index (χ3n) is 2.98. The summed E-state index contributed by atoms with van der Waals surface area (Å²) < 4.78 is 5.23. The summed E-state index contributed by atoms with van der Waals surface area (Å²) in [5, 5.41) is 0. The number of thiocarbonyl (C=S) groups is 1. The highest BCUT2D eigenvalue weighted by Crippen LogP contribution is 2.20. The van der Waals surface area contributed by atoms with E-state index >= 15 is 0 Å². The highest BCUT2D eigenvalue weighted by Gasteiger charge is 2.11. The van der Waals surface area contributed by atoms with Crippen LogP contribution in [-0.4, -0.2) is 24.1 Å². The molecule has 0 aliphatic rings. The topological polar surface area (TPSA) is 51.4 Å². The predicted octanol–water partition coefficient (Wildman–Crippen LogP) is 2.36. The van der Waals surface area contributed by atoms with Crippen LogP contribution in [0.4, 0.5) is 5.69 Å². The average Bonchev–Trinajstić information content (AvgIpc) is 2.47. The maximum absolute atomic E-state index is 5.71. The summed E-state index contributed by atoms with van der Waals surface area (Å²) in [7, 11) is 3.65. The molecule has 0 fully saturated rings. The molecule has 2 rings (SSSR count). The normalized spacial score (nSPS) is 10.1. The lowest BCUT2D eigenvalue weighted by Gasteiger charge is -2.21. The van der Waals surface area contributed by atoms with Crippen molar-refractivity contribution < 1.29 is 4.74 Å². The number of hydrogen-bond donors (Lipinski definition) is 1. The van der Waals surface area contributed by atoms with Crippen molar-refractivity contribution in [2.75, 3.05) is 19.1 Å². The molecule has 0 spiro atoms. The van der Waals surface area contributed by atoms with Gasteiger partial charge in [-0.1, -0.05) is 24.4 Å². The van der Waals surface area contributed by atoms with Crippen LogP contribution in [0.3, 0.4) is 0 Å². The first kappa shape index (κ1) is 14.3. The Morgan fingerprint density at radius 3 is 2.85 bits per heavy atom. The molecule has 1 aromatic carbocycles. The van der Waals surface area contributed by atoms with Gasteiger partial charge in [0.2, 0.25) is 0 Å². The van der Waals surface area contributed by atoms with E-state index in [1.165, 1.54) is 0 Å². The lowest BCUT2D eigenvalue weighted by Crippen LogP contribution is -2.22. The third-order valence-corrected chi connectivity index (χ3v) is 3.18. The lowest BCUT2D eigenvalue weighted by molar-refractivity contribution is 0.414. The molecule has 2 N–H and O–H groups in total. The van der Waals surface area contributed by atoms with Crippen molar-refractivity contribution in [2.45, 2.75) is 6.54 Å². The molecule has 20 heavy (non-hydrogen) atoms. The van der Waals surface area contributed by atoms with Gasteiger partial charge in [-0.05, 0) is 29.8 Å². The second-order valence-corrected chi connectivity index (χ2v) is 4.88. The minimum atomic E-state index is 0.304. The number of benzene rings is 1. The van der Waals surface area contributed by atoms with Crippen molar-refractivity contribution in [3.63, 3.8) is 0 Å². The standard InChI is InChI=1S/C15H17N3OS/c1-18(10-11-5-3-6-12(9-11)19-2)13-7-4-8-17-14(13)15(16)20/h3-9H,10H2,1-2H3,(H2,16,20). The molecule has 0 unspecified atom stereocenters. The molecular formula is C15H17N3OS. The van der Waals surface area contributed by atoms with Gasteiger partial charge in [-0.15, -0.1) is 0 Å². The van der Waals surface area contributed by atoms with Gasteiger partial charge >= 0.3 is 0 Å². The van der Waals surface area contributed by atoms with E-state index in [2.05, 4.69) is 16.0 Å².